The summed E-state index contributed by atoms with van der Waals surface area (Å²) in [5, 5.41) is 7.15. The number of rotatable bonds is 7. The third-order valence-electron chi connectivity index (χ3n) is 5.25. The van der Waals surface area contributed by atoms with Crippen LogP contribution in [0.15, 0.2) is 21.8 Å². The highest BCUT2D eigenvalue weighted by Gasteiger charge is 2.29. The second-order valence-electron chi connectivity index (χ2n) is 7.58. The summed E-state index contributed by atoms with van der Waals surface area (Å²) in [6.07, 6.45) is 1.39. The summed E-state index contributed by atoms with van der Waals surface area (Å²) in [6.45, 7) is 9.77. The Bertz CT molecular complexity index is 747. The fourth-order valence-corrected chi connectivity index (χ4v) is 5.08. The second kappa shape index (κ2) is 12.2. The van der Waals surface area contributed by atoms with Crippen molar-refractivity contribution in [3.8, 4) is 0 Å². The Kier molecular flexibility index (Phi) is 10.3. The first kappa shape index (κ1) is 25.3. The number of guanidine groups is 1. The van der Waals surface area contributed by atoms with Crippen LogP contribution in [-0.4, -0.2) is 106 Å². The predicted octanol–water partition coefficient (Wildman–Crippen LogP) is 0.284. The van der Waals surface area contributed by atoms with Gasteiger partial charge in [-0.25, -0.2) is 8.42 Å². The van der Waals surface area contributed by atoms with Gasteiger partial charge in [0.05, 0.1) is 18.9 Å². The SMILES string of the molecule is CN=C(NCC(C)CN1CCOCC1)N1CCN(S(=O)(=O)Cc2ccon2)CC1.I. The molecule has 1 atom stereocenters. The van der Waals surface area contributed by atoms with Crippen LogP contribution in [-0.2, 0) is 20.5 Å². The van der Waals surface area contributed by atoms with Gasteiger partial charge in [-0.1, -0.05) is 12.1 Å². The lowest BCUT2D eigenvalue weighted by Crippen LogP contribution is -2.54. The summed E-state index contributed by atoms with van der Waals surface area (Å²) in [6, 6.07) is 1.58. The van der Waals surface area contributed by atoms with Crippen molar-refractivity contribution in [2.45, 2.75) is 12.7 Å². The van der Waals surface area contributed by atoms with E-state index in [0.717, 1.165) is 45.4 Å². The van der Waals surface area contributed by atoms with E-state index in [1.165, 1.54) is 10.6 Å². The molecule has 10 nitrogen and oxygen atoms in total. The lowest BCUT2D eigenvalue weighted by molar-refractivity contribution is 0.0320. The van der Waals surface area contributed by atoms with Gasteiger partial charge in [-0.2, -0.15) is 4.31 Å². The maximum absolute atomic E-state index is 12.6. The number of sulfonamides is 1. The Hall–Kier alpha value is -0.960. The van der Waals surface area contributed by atoms with Crippen LogP contribution < -0.4 is 5.32 Å². The van der Waals surface area contributed by atoms with Gasteiger partial charge in [0.15, 0.2) is 5.96 Å². The molecule has 0 radical (unpaired) electrons. The molecular formula is C18H33IN6O4S. The lowest BCUT2D eigenvalue weighted by Gasteiger charge is -2.36. The normalized spacial score (nSPS) is 20.6. The van der Waals surface area contributed by atoms with Crippen molar-refractivity contribution < 1.29 is 17.7 Å². The zero-order valence-electron chi connectivity index (χ0n) is 17.7. The Morgan fingerprint density at radius 1 is 1.23 bits per heavy atom. The van der Waals surface area contributed by atoms with Crippen molar-refractivity contribution in [2.24, 2.45) is 10.9 Å². The minimum Gasteiger partial charge on any atom is -0.379 e. The van der Waals surface area contributed by atoms with E-state index >= 15 is 0 Å². The van der Waals surface area contributed by atoms with Gasteiger partial charge < -0.3 is 19.5 Å². The first-order valence-electron chi connectivity index (χ1n) is 10.1. The molecule has 2 aliphatic heterocycles. The molecule has 2 aliphatic rings. The molecule has 1 aromatic heterocycles. The lowest BCUT2D eigenvalue weighted by atomic mass is 10.1. The molecule has 1 unspecified atom stereocenters. The number of aliphatic imine (C=N–C) groups is 1. The molecule has 0 bridgehead atoms. The molecule has 3 heterocycles. The number of nitrogens with zero attached hydrogens (tertiary/aromatic N) is 5. The Balaban J connectivity index is 0.00000320. The van der Waals surface area contributed by atoms with Crippen LogP contribution in [0, 0.1) is 5.92 Å². The smallest absolute Gasteiger partial charge is 0.220 e. The van der Waals surface area contributed by atoms with Crippen LogP contribution in [0.2, 0.25) is 0 Å². The van der Waals surface area contributed by atoms with Gasteiger partial charge in [0.25, 0.3) is 0 Å². The largest absolute Gasteiger partial charge is 0.379 e. The first-order chi connectivity index (χ1) is 14.0. The van der Waals surface area contributed by atoms with Gasteiger partial charge in [-0.3, -0.25) is 9.89 Å². The average molecular weight is 556 g/mol. The van der Waals surface area contributed by atoms with E-state index in [1.54, 1.807) is 13.1 Å². The number of hydrogen-bond acceptors (Lipinski definition) is 7. The van der Waals surface area contributed by atoms with Crippen LogP contribution in [0.1, 0.15) is 12.6 Å². The summed E-state index contributed by atoms with van der Waals surface area (Å²) in [7, 11) is -1.63. The summed E-state index contributed by atoms with van der Waals surface area (Å²) in [5.41, 5.74) is 0.430. The molecule has 12 heteroatoms. The van der Waals surface area contributed by atoms with Crippen molar-refractivity contribution in [1.82, 2.24) is 24.6 Å². The molecule has 2 saturated heterocycles. The molecule has 0 saturated carbocycles. The maximum atomic E-state index is 12.6. The van der Waals surface area contributed by atoms with Gasteiger partial charge in [-0.05, 0) is 5.92 Å². The first-order valence-corrected chi connectivity index (χ1v) is 11.7. The second-order valence-corrected chi connectivity index (χ2v) is 9.55. The van der Waals surface area contributed by atoms with E-state index in [9.17, 15) is 8.42 Å². The molecule has 1 aromatic rings. The zero-order valence-corrected chi connectivity index (χ0v) is 20.8. The van der Waals surface area contributed by atoms with Crippen molar-refractivity contribution in [1.29, 1.82) is 0 Å². The summed E-state index contributed by atoms with van der Waals surface area (Å²) in [5.74, 6) is 1.18. The molecule has 0 aromatic carbocycles. The van der Waals surface area contributed by atoms with Crippen LogP contribution >= 0.6 is 24.0 Å². The van der Waals surface area contributed by atoms with E-state index in [0.29, 0.717) is 37.8 Å². The van der Waals surface area contributed by atoms with Crippen LogP contribution in [0.5, 0.6) is 0 Å². The van der Waals surface area contributed by atoms with Gasteiger partial charge in [0.2, 0.25) is 10.0 Å². The van der Waals surface area contributed by atoms with E-state index in [-0.39, 0.29) is 29.7 Å². The van der Waals surface area contributed by atoms with Crippen LogP contribution in [0.3, 0.4) is 0 Å². The number of ether oxygens (including phenoxy) is 1. The van der Waals surface area contributed by atoms with Crippen molar-refractivity contribution in [2.75, 3.05) is 72.6 Å². The minimum absolute atomic E-state index is 0. The fraction of sp³-hybridized carbons (Fsp3) is 0.778. The third kappa shape index (κ3) is 7.32. The maximum Gasteiger partial charge on any atom is 0.220 e. The van der Waals surface area contributed by atoms with Gasteiger partial charge in [-0.15, -0.1) is 24.0 Å². The number of hydrogen-bond donors (Lipinski definition) is 1. The van der Waals surface area contributed by atoms with Crippen LogP contribution in [0.25, 0.3) is 0 Å². The van der Waals surface area contributed by atoms with E-state index in [2.05, 4.69) is 32.2 Å². The highest BCUT2D eigenvalue weighted by atomic mass is 127. The Labute approximate surface area is 196 Å². The quantitative estimate of drug-likeness (QED) is 0.291. The minimum atomic E-state index is -3.40. The van der Waals surface area contributed by atoms with Gasteiger partial charge in [0, 0.05) is 65.5 Å². The molecular weight excluding hydrogens is 523 g/mol. The predicted molar refractivity (Wildman–Crippen MR) is 125 cm³/mol. The van der Waals surface area contributed by atoms with Crippen molar-refractivity contribution in [3.63, 3.8) is 0 Å². The monoisotopic (exact) mass is 556 g/mol. The number of aromatic nitrogens is 1. The number of nitrogens with one attached hydrogen (secondary N) is 1. The topological polar surface area (TPSA) is 104 Å². The highest BCUT2D eigenvalue weighted by Crippen LogP contribution is 2.13. The van der Waals surface area contributed by atoms with E-state index in [1.807, 2.05) is 0 Å². The van der Waals surface area contributed by atoms with Gasteiger partial charge in [0.1, 0.15) is 12.0 Å². The van der Waals surface area contributed by atoms with Crippen LogP contribution in [0.4, 0.5) is 0 Å². The molecule has 3 rings (SSSR count). The molecule has 2 fully saturated rings. The van der Waals surface area contributed by atoms with Crippen molar-refractivity contribution in [3.05, 3.63) is 18.0 Å². The van der Waals surface area contributed by atoms with E-state index in [4.69, 9.17) is 9.26 Å². The zero-order chi connectivity index (χ0) is 20.7. The Morgan fingerprint density at radius 3 is 2.53 bits per heavy atom. The average Bonchev–Trinajstić information content (AvgIpc) is 3.22. The van der Waals surface area contributed by atoms with Crippen molar-refractivity contribution >= 4 is 40.0 Å². The fourth-order valence-electron chi connectivity index (χ4n) is 3.66. The number of piperazine rings is 1. The summed E-state index contributed by atoms with van der Waals surface area (Å²) < 4.78 is 36.8. The molecule has 0 amide bonds. The van der Waals surface area contributed by atoms with Gasteiger partial charge >= 0.3 is 0 Å². The summed E-state index contributed by atoms with van der Waals surface area (Å²) >= 11 is 0. The molecule has 172 valence electrons. The molecule has 1 N–H and O–H groups in total. The van der Waals surface area contributed by atoms with E-state index < -0.39 is 10.0 Å². The standard InChI is InChI=1S/C18H32N6O4S.HI/c1-16(14-22-8-11-27-12-9-22)13-20-18(19-2)23-4-6-24(7-5-23)29(25,26)15-17-3-10-28-21-17;/h3,10,16H,4-9,11-15H2,1-2H3,(H,19,20);1H. The Morgan fingerprint density at radius 2 is 1.93 bits per heavy atom. The number of morpholine rings is 1. The number of halogens is 1. The molecule has 0 spiro atoms. The molecule has 0 aliphatic carbocycles. The summed E-state index contributed by atoms with van der Waals surface area (Å²) in [4.78, 5) is 8.93. The third-order valence-corrected chi connectivity index (χ3v) is 7.06. The highest BCUT2D eigenvalue weighted by molar-refractivity contribution is 14.0. The molecule has 30 heavy (non-hydrogen) atoms.